The lowest BCUT2D eigenvalue weighted by atomic mass is 9.93. The molecule has 11 heteroatoms. The van der Waals surface area contributed by atoms with Crippen LogP contribution < -0.4 is 0 Å². The average Bonchev–Trinajstić information content (AvgIpc) is 3.69. The maximum absolute atomic E-state index is 6.64. The number of benzene rings is 2. The van der Waals surface area contributed by atoms with Gasteiger partial charge >= 0.3 is 0 Å². The number of hydrogen-bond acceptors (Lipinski definition) is 5. The van der Waals surface area contributed by atoms with Gasteiger partial charge in [-0.2, -0.15) is 0 Å². The van der Waals surface area contributed by atoms with E-state index in [4.69, 9.17) is 61.1 Å². The van der Waals surface area contributed by atoms with E-state index < -0.39 is 0 Å². The molecule has 4 heterocycles. The number of aryl methyl sites for hydroxylation is 2. The van der Waals surface area contributed by atoms with Gasteiger partial charge in [-0.05, 0) is 62.8 Å². The van der Waals surface area contributed by atoms with Crippen molar-refractivity contribution in [3.63, 3.8) is 0 Å². The number of imidazole rings is 2. The van der Waals surface area contributed by atoms with Gasteiger partial charge in [-0.25, -0.2) is 19.9 Å². The third-order valence-corrected chi connectivity index (χ3v) is 10.8. The zero-order valence-corrected chi connectivity index (χ0v) is 32.6. The van der Waals surface area contributed by atoms with Crippen LogP contribution in [0.2, 0.25) is 20.1 Å². The predicted molar refractivity (Wildman–Crippen MR) is 211 cm³/mol. The van der Waals surface area contributed by atoms with Crippen LogP contribution >= 0.6 is 46.4 Å². The minimum Gasteiger partial charge on any atom is -0.381 e. The predicted octanol–water partition coefficient (Wildman–Crippen LogP) is 12.1. The third kappa shape index (κ3) is 7.93. The first-order valence-electron chi connectivity index (χ1n) is 18.0. The summed E-state index contributed by atoms with van der Waals surface area (Å²) >= 11 is 25.7. The van der Waals surface area contributed by atoms with Crippen LogP contribution in [-0.4, -0.2) is 42.0 Å². The number of fused-ring (bicyclic) bond motifs is 2. The van der Waals surface area contributed by atoms with Crippen LogP contribution in [0, 0.1) is 0 Å². The molecule has 2 aromatic carbocycles. The van der Waals surface area contributed by atoms with Crippen molar-refractivity contribution in [1.82, 2.24) is 28.7 Å². The quantitative estimate of drug-likeness (QED) is 0.0918. The van der Waals surface area contributed by atoms with Crippen LogP contribution in [-0.2, 0) is 17.6 Å². The molecule has 2 unspecified atom stereocenters. The molecule has 51 heavy (non-hydrogen) atoms. The standard InChI is InChI=1S/C40H44Cl4N6O/c1-5-9-25(37-35(7-3)47-39-31(21-45-23-49(37)39)29-13-11-27(41)19-33(29)43)15-17-51-18-16-26(10-6-2)38-36(8-4)48-40-32(22-46-24-50(38)40)30-14-12-28(42)20-34(30)44/h11-14,19-26H,5-10,15-18H2,1-4H3. The molecule has 0 aliphatic rings. The van der Waals surface area contributed by atoms with Crippen LogP contribution in [0.3, 0.4) is 0 Å². The molecule has 2 atom stereocenters. The van der Waals surface area contributed by atoms with E-state index in [1.165, 1.54) is 11.4 Å². The number of hydrogen-bond donors (Lipinski definition) is 0. The van der Waals surface area contributed by atoms with Gasteiger partial charge in [-0.15, -0.1) is 0 Å². The Morgan fingerprint density at radius 2 is 1.02 bits per heavy atom. The second kappa shape index (κ2) is 17.1. The average molecular weight is 767 g/mol. The van der Waals surface area contributed by atoms with Gasteiger partial charge < -0.3 is 4.74 Å². The minimum absolute atomic E-state index is 0.277. The molecular formula is C40H44Cl4N6O. The molecule has 0 amide bonds. The van der Waals surface area contributed by atoms with Gasteiger partial charge in [0.15, 0.2) is 0 Å². The van der Waals surface area contributed by atoms with Crippen LogP contribution in [0.5, 0.6) is 0 Å². The van der Waals surface area contributed by atoms with E-state index in [1.807, 2.05) is 49.3 Å². The maximum Gasteiger partial charge on any atom is 0.147 e. The Kier molecular flexibility index (Phi) is 12.6. The molecule has 0 radical (unpaired) electrons. The summed E-state index contributed by atoms with van der Waals surface area (Å²) in [5, 5.41) is 2.36. The molecular weight excluding hydrogens is 722 g/mol. The molecule has 0 N–H and O–H groups in total. The Morgan fingerprint density at radius 3 is 1.39 bits per heavy atom. The van der Waals surface area contributed by atoms with Crippen molar-refractivity contribution in [2.24, 2.45) is 0 Å². The van der Waals surface area contributed by atoms with Crippen LogP contribution in [0.1, 0.15) is 101 Å². The molecule has 6 aromatic rings. The number of ether oxygens (including phenoxy) is 1. The fourth-order valence-electron chi connectivity index (χ4n) is 7.33. The summed E-state index contributed by atoms with van der Waals surface area (Å²) in [5.74, 6) is 0.553. The first-order chi connectivity index (χ1) is 24.8. The van der Waals surface area contributed by atoms with Gasteiger partial charge in [-0.3, -0.25) is 8.80 Å². The summed E-state index contributed by atoms with van der Waals surface area (Å²) in [6.45, 7) is 10.1. The Morgan fingerprint density at radius 1 is 0.588 bits per heavy atom. The van der Waals surface area contributed by atoms with Gasteiger partial charge in [0.1, 0.15) is 23.9 Å². The van der Waals surface area contributed by atoms with Crippen molar-refractivity contribution in [1.29, 1.82) is 0 Å². The first kappa shape index (κ1) is 37.6. The summed E-state index contributed by atoms with van der Waals surface area (Å²) in [6.07, 6.45) is 15.0. The SMILES string of the molecule is CCCC(CCOCCC(CCC)c1c(CC)nc2c(-c3ccc(Cl)cc3Cl)cncn12)c1c(CC)nc2c(-c3ccc(Cl)cc3Cl)cncn12. The monoisotopic (exact) mass is 764 g/mol. The van der Waals surface area contributed by atoms with E-state index in [-0.39, 0.29) is 11.8 Å². The second-order valence-electron chi connectivity index (χ2n) is 13.0. The number of halogens is 4. The zero-order valence-electron chi connectivity index (χ0n) is 29.6. The summed E-state index contributed by atoms with van der Waals surface area (Å²) in [4.78, 5) is 19.5. The van der Waals surface area contributed by atoms with Crippen molar-refractivity contribution in [3.8, 4) is 22.3 Å². The Bertz CT molecular complexity index is 1980. The highest BCUT2D eigenvalue weighted by Crippen LogP contribution is 2.38. The number of rotatable bonds is 16. The van der Waals surface area contributed by atoms with Crippen molar-refractivity contribution < 1.29 is 4.74 Å². The molecule has 0 spiro atoms. The fraction of sp³-hybridized carbons (Fsp3) is 0.400. The van der Waals surface area contributed by atoms with Crippen LogP contribution in [0.15, 0.2) is 61.4 Å². The fourth-order valence-corrected chi connectivity index (χ4v) is 8.35. The lowest BCUT2D eigenvalue weighted by Gasteiger charge is -2.20. The number of aromatic nitrogens is 6. The van der Waals surface area contributed by atoms with E-state index in [2.05, 4.69) is 46.5 Å². The van der Waals surface area contributed by atoms with Gasteiger partial charge in [0.2, 0.25) is 0 Å². The largest absolute Gasteiger partial charge is 0.381 e. The maximum atomic E-state index is 6.64. The second-order valence-corrected chi connectivity index (χ2v) is 14.7. The molecule has 0 saturated carbocycles. The van der Waals surface area contributed by atoms with Crippen LogP contribution in [0.4, 0.5) is 0 Å². The summed E-state index contributed by atoms with van der Waals surface area (Å²) in [6, 6.07) is 11.1. The highest BCUT2D eigenvalue weighted by molar-refractivity contribution is 6.37. The normalized spacial score (nSPS) is 13.0. The molecule has 0 fully saturated rings. The highest BCUT2D eigenvalue weighted by atomic mass is 35.5. The van der Waals surface area contributed by atoms with Crippen molar-refractivity contribution in [3.05, 3.63) is 104 Å². The topological polar surface area (TPSA) is 69.6 Å². The molecule has 0 aliphatic carbocycles. The Labute approximate surface area is 320 Å². The molecule has 0 aliphatic heterocycles. The summed E-state index contributed by atoms with van der Waals surface area (Å²) < 4.78 is 10.8. The summed E-state index contributed by atoms with van der Waals surface area (Å²) in [7, 11) is 0. The smallest absolute Gasteiger partial charge is 0.147 e. The van der Waals surface area contributed by atoms with E-state index in [9.17, 15) is 0 Å². The van der Waals surface area contributed by atoms with Gasteiger partial charge in [0, 0.05) is 69.7 Å². The van der Waals surface area contributed by atoms with Crippen molar-refractivity contribution >= 4 is 57.7 Å². The molecule has 268 valence electrons. The number of nitrogens with zero attached hydrogens (tertiary/aromatic N) is 6. The van der Waals surface area contributed by atoms with Gasteiger partial charge in [0.05, 0.1) is 32.8 Å². The van der Waals surface area contributed by atoms with E-state index >= 15 is 0 Å². The summed E-state index contributed by atoms with van der Waals surface area (Å²) in [5.41, 5.74) is 9.85. The minimum atomic E-state index is 0.277. The van der Waals surface area contributed by atoms with Crippen molar-refractivity contribution in [2.75, 3.05) is 13.2 Å². The molecule has 6 rings (SSSR count). The highest BCUT2D eigenvalue weighted by Gasteiger charge is 2.25. The van der Waals surface area contributed by atoms with Crippen molar-refractivity contribution in [2.45, 2.75) is 90.9 Å². The van der Waals surface area contributed by atoms with E-state index in [0.29, 0.717) is 33.3 Å². The Hall–Kier alpha value is -3.20. The Balaban J connectivity index is 1.20. The molecule has 4 aromatic heterocycles. The van der Waals surface area contributed by atoms with E-state index in [1.54, 1.807) is 12.1 Å². The molecule has 0 saturated heterocycles. The lowest BCUT2D eigenvalue weighted by Crippen LogP contribution is -2.12. The van der Waals surface area contributed by atoms with Crippen LogP contribution in [0.25, 0.3) is 33.5 Å². The molecule has 0 bridgehead atoms. The lowest BCUT2D eigenvalue weighted by molar-refractivity contribution is 0.117. The van der Waals surface area contributed by atoms with Gasteiger partial charge in [-0.1, -0.05) is 99.1 Å². The first-order valence-corrected chi connectivity index (χ1v) is 19.5. The van der Waals surface area contributed by atoms with E-state index in [0.717, 1.165) is 96.3 Å². The molecule has 7 nitrogen and oxygen atoms in total. The van der Waals surface area contributed by atoms with Gasteiger partial charge in [0.25, 0.3) is 0 Å². The third-order valence-electron chi connectivity index (χ3n) is 9.68. The zero-order chi connectivity index (χ0) is 36.1.